The summed E-state index contributed by atoms with van der Waals surface area (Å²) in [5, 5.41) is 24.1. The summed E-state index contributed by atoms with van der Waals surface area (Å²) in [5.74, 6) is -0.929. The van der Waals surface area contributed by atoms with Crippen molar-refractivity contribution < 1.29 is 19.8 Å². The molecule has 0 spiro atoms. The lowest BCUT2D eigenvalue weighted by Gasteiger charge is -2.05. The van der Waals surface area contributed by atoms with Crippen molar-refractivity contribution in [1.29, 1.82) is 5.41 Å². The maximum Gasteiger partial charge on any atom is 0.341 e. The third-order valence-corrected chi connectivity index (χ3v) is 1.60. The van der Waals surface area contributed by atoms with Crippen molar-refractivity contribution in [2.75, 3.05) is 6.61 Å². The Hall–Kier alpha value is -2.08. The van der Waals surface area contributed by atoms with Gasteiger partial charge in [0.25, 0.3) is 0 Å². The Morgan fingerprint density at radius 2 is 2.27 bits per heavy atom. The fourth-order valence-corrected chi connectivity index (χ4v) is 0.951. The van der Waals surface area contributed by atoms with Gasteiger partial charge in [-0.1, -0.05) is 12.1 Å². The van der Waals surface area contributed by atoms with Crippen LogP contribution in [0.1, 0.15) is 5.56 Å². The third kappa shape index (κ3) is 3.28. The summed E-state index contributed by atoms with van der Waals surface area (Å²) in [7, 11) is 0. The minimum absolute atomic E-state index is 0.184. The molecular formula is C9H10N2O4. The van der Waals surface area contributed by atoms with Gasteiger partial charge >= 0.3 is 5.97 Å². The topological polar surface area (TPSA) is 103 Å². The summed E-state index contributed by atoms with van der Waals surface area (Å²) < 4.78 is 4.90. The van der Waals surface area contributed by atoms with Crippen LogP contribution in [0.4, 0.5) is 0 Å². The lowest BCUT2D eigenvalue weighted by atomic mass is 10.2. The number of carboxylic acids is 1. The largest absolute Gasteiger partial charge is 0.482 e. The van der Waals surface area contributed by atoms with E-state index in [0.717, 1.165) is 0 Å². The maximum atomic E-state index is 10.2. The molecule has 80 valence electrons. The molecule has 0 aliphatic heterocycles. The average molecular weight is 210 g/mol. The van der Waals surface area contributed by atoms with E-state index < -0.39 is 12.6 Å². The van der Waals surface area contributed by atoms with Gasteiger partial charge in [0.1, 0.15) is 11.6 Å². The van der Waals surface area contributed by atoms with Crippen molar-refractivity contribution in [3.05, 3.63) is 29.8 Å². The Morgan fingerprint density at radius 3 is 2.87 bits per heavy atom. The molecular weight excluding hydrogens is 200 g/mol. The van der Waals surface area contributed by atoms with E-state index in [4.69, 9.17) is 20.5 Å². The molecule has 0 atom stereocenters. The number of amidine groups is 1. The van der Waals surface area contributed by atoms with E-state index in [1.54, 1.807) is 23.7 Å². The SMILES string of the molecule is N=C(NO)c1cccc(OCC(=O)O)c1. The predicted molar refractivity (Wildman–Crippen MR) is 51.3 cm³/mol. The number of benzene rings is 1. The number of hydrogen-bond donors (Lipinski definition) is 4. The second kappa shape index (κ2) is 4.97. The molecule has 1 rings (SSSR count). The molecule has 6 heteroatoms. The normalized spacial score (nSPS) is 9.40. The van der Waals surface area contributed by atoms with Gasteiger partial charge in [-0.05, 0) is 12.1 Å². The molecule has 0 fully saturated rings. The van der Waals surface area contributed by atoms with E-state index >= 15 is 0 Å². The molecule has 4 N–H and O–H groups in total. The summed E-state index contributed by atoms with van der Waals surface area (Å²) in [5.41, 5.74) is 2.09. The highest BCUT2D eigenvalue weighted by molar-refractivity contribution is 5.95. The summed E-state index contributed by atoms with van der Waals surface area (Å²) in [4.78, 5) is 10.2. The van der Waals surface area contributed by atoms with Gasteiger partial charge in [-0.15, -0.1) is 0 Å². The Balaban J connectivity index is 2.74. The number of ether oxygens (including phenoxy) is 1. The first-order valence-corrected chi connectivity index (χ1v) is 4.07. The van der Waals surface area contributed by atoms with Crippen LogP contribution < -0.4 is 10.2 Å². The number of hydroxylamine groups is 1. The number of nitrogens with one attached hydrogen (secondary N) is 2. The smallest absolute Gasteiger partial charge is 0.341 e. The molecule has 0 saturated carbocycles. The van der Waals surface area contributed by atoms with Crippen molar-refractivity contribution in [3.63, 3.8) is 0 Å². The van der Waals surface area contributed by atoms with Gasteiger partial charge in [0.15, 0.2) is 6.61 Å². The van der Waals surface area contributed by atoms with Crippen LogP contribution in [0, 0.1) is 5.41 Å². The summed E-state index contributed by atoms with van der Waals surface area (Å²) >= 11 is 0. The fourth-order valence-electron chi connectivity index (χ4n) is 0.951. The summed E-state index contributed by atoms with van der Waals surface area (Å²) in [6, 6.07) is 6.20. The second-order valence-corrected chi connectivity index (χ2v) is 2.70. The standard InChI is InChI=1S/C9H10N2O4/c10-9(11-14)6-2-1-3-7(4-6)15-5-8(12)13/h1-4,14H,5H2,(H2,10,11)(H,12,13). The first-order chi connectivity index (χ1) is 7.13. The molecule has 0 aromatic heterocycles. The molecule has 0 aliphatic carbocycles. The third-order valence-electron chi connectivity index (χ3n) is 1.60. The number of carboxylic acid groups (broad SMARTS) is 1. The molecule has 0 radical (unpaired) electrons. The molecule has 15 heavy (non-hydrogen) atoms. The molecule has 1 aromatic carbocycles. The Labute approximate surface area is 85.6 Å². The van der Waals surface area contributed by atoms with Crippen molar-refractivity contribution in [3.8, 4) is 5.75 Å². The van der Waals surface area contributed by atoms with E-state index in [1.807, 2.05) is 0 Å². The first kappa shape index (κ1) is 11.0. The molecule has 0 heterocycles. The Morgan fingerprint density at radius 1 is 1.53 bits per heavy atom. The van der Waals surface area contributed by atoms with Crippen molar-refractivity contribution in [2.24, 2.45) is 0 Å². The van der Waals surface area contributed by atoms with Gasteiger partial charge in [0.05, 0.1) is 0 Å². The zero-order chi connectivity index (χ0) is 11.3. The predicted octanol–water partition coefficient (Wildman–Crippen LogP) is 0.454. The molecule has 1 aromatic rings. The van der Waals surface area contributed by atoms with Crippen LogP contribution in [0.2, 0.25) is 0 Å². The minimum atomic E-state index is -1.07. The van der Waals surface area contributed by atoms with Crippen molar-refractivity contribution in [2.45, 2.75) is 0 Å². The highest BCUT2D eigenvalue weighted by Gasteiger charge is 2.03. The second-order valence-electron chi connectivity index (χ2n) is 2.70. The molecule has 0 saturated heterocycles. The van der Waals surface area contributed by atoms with E-state index in [9.17, 15) is 4.79 Å². The highest BCUT2D eigenvalue weighted by Crippen LogP contribution is 2.12. The number of hydrogen-bond acceptors (Lipinski definition) is 4. The van der Waals surface area contributed by atoms with Gasteiger partial charge < -0.3 is 9.84 Å². The lowest BCUT2D eigenvalue weighted by Crippen LogP contribution is -2.18. The fraction of sp³-hybridized carbons (Fsp3) is 0.111. The van der Waals surface area contributed by atoms with Crippen molar-refractivity contribution >= 4 is 11.8 Å². The van der Waals surface area contributed by atoms with E-state index in [1.165, 1.54) is 6.07 Å². The zero-order valence-electron chi connectivity index (χ0n) is 7.73. The number of aliphatic carboxylic acids is 1. The quantitative estimate of drug-likeness (QED) is 0.328. The number of rotatable bonds is 4. The van der Waals surface area contributed by atoms with Crippen LogP contribution in [0.15, 0.2) is 24.3 Å². The van der Waals surface area contributed by atoms with E-state index in [0.29, 0.717) is 11.3 Å². The molecule has 0 unspecified atom stereocenters. The summed E-state index contributed by atoms with van der Waals surface area (Å²) in [6.45, 7) is -0.441. The molecule has 0 aliphatic rings. The molecule has 6 nitrogen and oxygen atoms in total. The first-order valence-electron chi connectivity index (χ1n) is 4.07. The zero-order valence-corrected chi connectivity index (χ0v) is 7.73. The summed E-state index contributed by atoms with van der Waals surface area (Å²) in [6.07, 6.45) is 0. The van der Waals surface area contributed by atoms with Gasteiger partial charge in [-0.2, -0.15) is 0 Å². The van der Waals surface area contributed by atoms with Crippen LogP contribution in [-0.2, 0) is 4.79 Å². The maximum absolute atomic E-state index is 10.2. The van der Waals surface area contributed by atoms with Crippen LogP contribution >= 0.6 is 0 Å². The van der Waals surface area contributed by atoms with Crippen LogP contribution in [-0.4, -0.2) is 28.7 Å². The molecule has 0 amide bonds. The average Bonchev–Trinajstić information content (AvgIpc) is 2.25. The minimum Gasteiger partial charge on any atom is -0.482 e. The molecule has 0 bridgehead atoms. The van der Waals surface area contributed by atoms with Gasteiger partial charge in [0, 0.05) is 5.56 Å². The van der Waals surface area contributed by atoms with Crippen LogP contribution in [0.3, 0.4) is 0 Å². The van der Waals surface area contributed by atoms with Crippen molar-refractivity contribution in [1.82, 2.24) is 5.48 Å². The van der Waals surface area contributed by atoms with Gasteiger partial charge in [-0.25, -0.2) is 4.79 Å². The van der Waals surface area contributed by atoms with Crippen LogP contribution in [0.5, 0.6) is 5.75 Å². The van der Waals surface area contributed by atoms with E-state index in [-0.39, 0.29) is 5.84 Å². The Kier molecular flexibility index (Phi) is 3.64. The number of carbonyl (C=O) groups is 1. The Bertz CT molecular complexity index is 378. The van der Waals surface area contributed by atoms with Gasteiger partial charge in [-0.3, -0.25) is 16.1 Å². The highest BCUT2D eigenvalue weighted by atomic mass is 16.5. The van der Waals surface area contributed by atoms with E-state index in [2.05, 4.69) is 0 Å². The lowest BCUT2D eigenvalue weighted by molar-refractivity contribution is -0.139. The monoisotopic (exact) mass is 210 g/mol. The van der Waals surface area contributed by atoms with Gasteiger partial charge in [0.2, 0.25) is 0 Å². The van der Waals surface area contributed by atoms with Crippen LogP contribution in [0.25, 0.3) is 0 Å².